The Kier molecular flexibility index (Phi) is 4.77. The highest BCUT2D eigenvalue weighted by Crippen LogP contribution is 2.23. The normalized spacial score (nSPS) is 17.8. The van der Waals surface area contributed by atoms with E-state index in [2.05, 4.69) is 5.32 Å². The third-order valence-corrected chi connectivity index (χ3v) is 4.70. The number of rotatable bonds is 3. The van der Waals surface area contributed by atoms with Gasteiger partial charge in [0.2, 0.25) is 0 Å². The van der Waals surface area contributed by atoms with E-state index in [1.807, 2.05) is 11.8 Å². The molecule has 108 valence electrons. The van der Waals surface area contributed by atoms with E-state index in [1.54, 1.807) is 18.0 Å². The van der Waals surface area contributed by atoms with Gasteiger partial charge >= 0.3 is 12.0 Å². The van der Waals surface area contributed by atoms with Crippen molar-refractivity contribution in [3.8, 4) is 0 Å². The van der Waals surface area contributed by atoms with Gasteiger partial charge in [-0.2, -0.15) is 11.8 Å². The van der Waals surface area contributed by atoms with Gasteiger partial charge in [0.05, 0.1) is 10.6 Å². The van der Waals surface area contributed by atoms with Crippen LogP contribution in [0.1, 0.15) is 16.8 Å². The lowest BCUT2D eigenvalue weighted by molar-refractivity contribution is 0.0697. The molecule has 1 fully saturated rings. The van der Waals surface area contributed by atoms with Gasteiger partial charge in [-0.05, 0) is 30.4 Å². The zero-order valence-corrected chi connectivity index (χ0v) is 12.5. The number of hydrogen-bond donors (Lipinski definition) is 2. The number of hydrogen-bond acceptors (Lipinski definition) is 3. The summed E-state index contributed by atoms with van der Waals surface area (Å²) >= 11 is 7.61. The first-order valence-electron chi connectivity index (χ1n) is 6.13. The molecular weight excluding hydrogens is 300 g/mol. The highest BCUT2D eigenvalue weighted by Gasteiger charge is 2.24. The van der Waals surface area contributed by atoms with Crippen LogP contribution >= 0.6 is 23.4 Å². The van der Waals surface area contributed by atoms with Crippen molar-refractivity contribution in [1.82, 2.24) is 4.90 Å². The average Bonchev–Trinajstić information content (AvgIpc) is 2.93. The van der Waals surface area contributed by atoms with E-state index in [1.165, 1.54) is 12.1 Å². The number of aromatic carboxylic acids is 1. The largest absolute Gasteiger partial charge is 0.478 e. The van der Waals surface area contributed by atoms with Gasteiger partial charge in [-0.15, -0.1) is 0 Å². The van der Waals surface area contributed by atoms with Crippen molar-refractivity contribution >= 4 is 41.1 Å². The standard InChI is InChI=1S/C13H15ClN2O3S/c1-16(9-4-5-20-7-9)13(19)15-8-2-3-11(14)10(6-8)12(17)18/h2-3,6,9H,4-5,7H2,1H3,(H,15,19)(H,17,18). The number of benzene rings is 1. The Morgan fingerprint density at radius 3 is 2.85 bits per heavy atom. The SMILES string of the molecule is CN(C(=O)Nc1ccc(Cl)c(C(=O)O)c1)C1CCSC1. The third kappa shape index (κ3) is 3.37. The van der Waals surface area contributed by atoms with Crippen LogP contribution in [0.4, 0.5) is 10.5 Å². The highest BCUT2D eigenvalue weighted by molar-refractivity contribution is 7.99. The molecule has 0 bridgehead atoms. The van der Waals surface area contributed by atoms with Crippen molar-refractivity contribution in [2.24, 2.45) is 0 Å². The van der Waals surface area contributed by atoms with Crippen LogP contribution in [0.25, 0.3) is 0 Å². The lowest BCUT2D eigenvalue weighted by Gasteiger charge is -2.24. The van der Waals surface area contributed by atoms with Crippen LogP contribution in [0.15, 0.2) is 18.2 Å². The van der Waals surface area contributed by atoms with E-state index in [0.29, 0.717) is 5.69 Å². The highest BCUT2D eigenvalue weighted by atomic mass is 35.5. The molecule has 0 aliphatic carbocycles. The molecule has 5 nitrogen and oxygen atoms in total. The van der Waals surface area contributed by atoms with E-state index in [-0.39, 0.29) is 22.7 Å². The molecule has 1 heterocycles. The minimum atomic E-state index is -1.12. The molecule has 1 saturated heterocycles. The van der Waals surface area contributed by atoms with Crippen molar-refractivity contribution < 1.29 is 14.7 Å². The number of anilines is 1. The lowest BCUT2D eigenvalue weighted by atomic mass is 10.2. The van der Waals surface area contributed by atoms with Crippen LogP contribution in [0.5, 0.6) is 0 Å². The second-order valence-electron chi connectivity index (χ2n) is 4.56. The van der Waals surface area contributed by atoms with Crippen molar-refractivity contribution in [2.45, 2.75) is 12.5 Å². The van der Waals surface area contributed by atoms with Gasteiger partial charge in [0.1, 0.15) is 0 Å². The molecule has 1 aromatic carbocycles. The van der Waals surface area contributed by atoms with Gasteiger partial charge in [-0.25, -0.2) is 9.59 Å². The van der Waals surface area contributed by atoms with E-state index in [4.69, 9.17) is 16.7 Å². The first-order valence-corrected chi connectivity index (χ1v) is 7.66. The summed E-state index contributed by atoms with van der Waals surface area (Å²) < 4.78 is 0. The summed E-state index contributed by atoms with van der Waals surface area (Å²) in [5.74, 6) is 0.878. The molecule has 1 unspecified atom stereocenters. The Morgan fingerprint density at radius 1 is 1.50 bits per heavy atom. The summed E-state index contributed by atoms with van der Waals surface area (Å²) in [7, 11) is 1.75. The van der Waals surface area contributed by atoms with Crippen LogP contribution in [0, 0.1) is 0 Å². The second-order valence-corrected chi connectivity index (χ2v) is 6.12. The Balaban J connectivity index is 2.07. The van der Waals surface area contributed by atoms with E-state index >= 15 is 0 Å². The van der Waals surface area contributed by atoms with E-state index < -0.39 is 5.97 Å². The zero-order chi connectivity index (χ0) is 14.7. The van der Waals surface area contributed by atoms with Gasteiger partial charge in [-0.3, -0.25) is 0 Å². The first-order chi connectivity index (χ1) is 9.49. The number of thioether (sulfide) groups is 1. The van der Waals surface area contributed by atoms with Gasteiger partial charge in [0.25, 0.3) is 0 Å². The molecule has 0 radical (unpaired) electrons. The van der Waals surface area contributed by atoms with Gasteiger partial charge in [0, 0.05) is 24.5 Å². The molecule has 2 N–H and O–H groups in total. The molecule has 1 atom stereocenters. The molecule has 0 spiro atoms. The summed E-state index contributed by atoms with van der Waals surface area (Å²) in [4.78, 5) is 24.7. The summed E-state index contributed by atoms with van der Waals surface area (Å²) in [6.45, 7) is 0. The van der Waals surface area contributed by atoms with Crippen LogP contribution in [0.2, 0.25) is 5.02 Å². The van der Waals surface area contributed by atoms with E-state index in [9.17, 15) is 9.59 Å². The summed E-state index contributed by atoms with van der Waals surface area (Å²) in [5.41, 5.74) is 0.401. The molecule has 7 heteroatoms. The fraction of sp³-hybridized carbons (Fsp3) is 0.385. The van der Waals surface area contributed by atoms with Gasteiger partial charge < -0.3 is 15.3 Å². The lowest BCUT2D eigenvalue weighted by Crippen LogP contribution is -2.39. The molecule has 0 saturated carbocycles. The minimum Gasteiger partial charge on any atom is -0.478 e. The quantitative estimate of drug-likeness (QED) is 0.900. The number of carboxylic acid groups (broad SMARTS) is 1. The van der Waals surface area contributed by atoms with Crippen molar-refractivity contribution in [2.75, 3.05) is 23.9 Å². The molecular formula is C13H15ClN2O3S. The van der Waals surface area contributed by atoms with Crippen molar-refractivity contribution in [1.29, 1.82) is 0 Å². The molecule has 20 heavy (non-hydrogen) atoms. The number of urea groups is 1. The van der Waals surface area contributed by atoms with Gasteiger partial charge in [-0.1, -0.05) is 11.6 Å². The fourth-order valence-electron chi connectivity index (χ4n) is 1.97. The van der Waals surface area contributed by atoms with Crippen molar-refractivity contribution in [3.63, 3.8) is 0 Å². The zero-order valence-electron chi connectivity index (χ0n) is 10.9. The Hall–Kier alpha value is -1.40. The number of carboxylic acids is 1. The maximum atomic E-state index is 12.1. The number of halogens is 1. The Labute approximate surface area is 126 Å². The number of nitrogens with zero attached hydrogens (tertiary/aromatic N) is 1. The second kappa shape index (κ2) is 6.37. The topological polar surface area (TPSA) is 69.6 Å². The van der Waals surface area contributed by atoms with Crippen LogP contribution in [-0.2, 0) is 0 Å². The Bertz CT molecular complexity index is 532. The molecule has 2 amide bonds. The Morgan fingerprint density at radius 2 is 2.25 bits per heavy atom. The molecule has 1 aliphatic rings. The maximum Gasteiger partial charge on any atom is 0.337 e. The number of amides is 2. The van der Waals surface area contributed by atoms with Crippen LogP contribution < -0.4 is 5.32 Å². The number of carbonyl (C=O) groups excluding carboxylic acids is 1. The average molecular weight is 315 g/mol. The van der Waals surface area contributed by atoms with Crippen LogP contribution in [-0.4, -0.2) is 46.6 Å². The minimum absolute atomic E-state index is 0.0245. The summed E-state index contributed by atoms with van der Waals surface area (Å²) in [6.07, 6.45) is 0.982. The van der Waals surface area contributed by atoms with Crippen LogP contribution in [0.3, 0.4) is 0 Å². The predicted octanol–water partition coefficient (Wildman–Crippen LogP) is 3.01. The molecule has 2 rings (SSSR count). The number of nitrogens with one attached hydrogen (secondary N) is 1. The third-order valence-electron chi connectivity index (χ3n) is 3.22. The smallest absolute Gasteiger partial charge is 0.337 e. The summed E-state index contributed by atoms with van der Waals surface area (Å²) in [5, 5.41) is 11.8. The number of carbonyl (C=O) groups is 2. The summed E-state index contributed by atoms with van der Waals surface area (Å²) in [6, 6.07) is 4.40. The first kappa shape index (κ1) is 15.0. The van der Waals surface area contributed by atoms with Crippen molar-refractivity contribution in [3.05, 3.63) is 28.8 Å². The molecule has 1 aliphatic heterocycles. The molecule has 0 aromatic heterocycles. The molecule has 1 aromatic rings. The van der Waals surface area contributed by atoms with Gasteiger partial charge in [0.15, 0.2) is 0 Å². The predicted molar refractivity (Wildman–Crippen MR) is 80.9 cm³/mol. The maximum absolute atomic E-state index is 12.1. The fourth-order valence-corrected chi connectivity index (χ4v) is 3.44. The monoisotopic (exact) mass is 314 g/mol. The van der Waals surface area contributed by atoms with E-state index in [0.717, 1.165) is 17.9 Å².